The minimum absolute atomic E-state index is 0.0108. The van der Waals surface area contributed by atoms with Gasteiger partial charge < -0.3 is 40.9 Å². The molecule has 0 saturated carbocycles. The molecule has 1 saturated heterocycles. The first kappa shape index (κ1) is 26.6. The summed E-state index contributed by atoms with van der Waals surface area (Å²) in [5, 5.41) is 10.4. The van der Waals surface area contributed by atoms with Crippen LogP contribution in [0.25, 0.3) is 11.2 Å². The number of aromatic nitrogens is 4. The van der Waals surface area contributed by atoms with Crippen molar-refractivity contribution < 1.29 is 60.6 Å². The molecule has 1 aliphatic rings. The number of terminal acetylenes is 1. The predicted octanol–water partition coefficient (Wildman–Crippen LogP) is -1.07. The molecule has 0 spiro atoms. The van der Waals surface area contributed by atoms with Crippen molar-refractivity contribution in [1.82, 2.24) is 19.5 Å². The maximum atomic E-state index is 15.5. The normalized spacial score (nSPS) is 28.9. The maximum Gasteiger partial charge on any atom is 0.490 e. The van der Waals surface area contributed by atoms with Crippen LogP contribution in [-0.2, 0) is 31.6 Å². The van der Waals surface area contributed by atoms with Gasteiger partial charge in [-0.2, -0.15) is 18.6 Å². The molecule has 0 bridgehead atoms. The molecule has 2 aromatic rings. The van der Waals surface area contributed by atoms with Crippen LogP contribution in [0.4, 0.5) is 16.2 Å². The molecule has 9 N–H and O–H groups in total. The molecule has 0 aliphatic carbocycles. The van der Waals surface area contributed by atoms with Crippen molar-refractivity contribution in [1.29, 1.82) is 0 Å². The summed E-state index contributed by atoms with van der Waals surface area (Å²) in [4.78, 5) is 47.2. The van der Waals surface area contributed by atoms with Crippen LogP contribution in [0.15, 0.2) is 6.33 Å². The van der Waals surface area contributed by atoms with E-state index in [0.29, 0.717) is 0 Å². The van der Waals surface area contributed by atoms with Gasteiger partial charge in [-0.25, -0.2) is 23.1 Å². The second-order valence-electron chi connectivity index (χ2n) is 6.56. The third-order valence-electron chi connectivity index (χ3n) is 4.20. The Morgan fingerprint density at radius 3 is 2.44 bits per heavy atom. The molecule has 0 amide bonds. The van der Waals surface area contributed by atoms with Crippen LogP contribution < -0.4 is 11.5 Å². The molecule has 1 fully saturated rings. The molecule has 0 aromatic carbocycles. The van der Waals surface area contributed by atoms with Crippen molar-refractivity contribution in [2.75, 3.05) is 18.1 Å². The van der Waals surface area contributed by atoms with Gasteiger partial charge in [-0.3, -0.25) is 9.09 Å². The number of phosphoric acid groups is 3. The number of halogens is 1. The highest BCUT2D eigenvalue weighted by Crippen LogP contribution is 2.66. The third-order valence-corrected chi connectivity index (χ3v) is 8.01. The Balaban J connectivity index is 1.82. The molecule has 22 heteroatoms. The molecule has 2 aromatic heterocycles. The molecular formula is C12H16FN6O12P3. The highest BCUT2D eigenvalue weighted by atomic mass is 31.3. The molecule has 34 heavy (non-hydrogen) atoms. The van der Waals surface area contributed by atoms with Crippen molar-refractivity contribution in [2.45, 2.75) is 24.1 Å². The van der Waals surface area contributed by atoms with Gasteiger partial charge in [-0.1, -0.05) is 5.92 Å². The summed E-state index contributed by atoms with van der Waals surface area (Å²) >= 11 is 0. The lowest BCUT2D eigenvalue weighted by atomic mass is 9.97. The molecule has 1 aliphatic heterocycles. The SMILES string of the molecule is C#C[C@@]1(F)[C@H](O)[C@@H](COP(=O)(O)OP(=O)(O)OP(=O)(O)O)O[C@H]1n1cnc2c(N)nc(N)nc21. The van der Waals surface area contributed by atoms with Crippen molar-refractivity contribution in [3.05, 3.63) is 6.33 Å². The monoisotopic (exact) mass is 548 g/mol. The van der Waals surface area contributed by atoms with E-state index >= 15 is 4.39 Å². The van der Waals surface area contributed by atoms with Gasteiger partial charge >= 0.3 is 23.5 Å². The summed E-state index contributed by atoms with van der Waals surface area (Å²) in [6, 6.07) is 0. The lowest BCUT2D eigenvalue weighted by molar-refractivity contribution is -0.0495. The zero-order chi connectivity index (χ0) is 25.7. The molecule has 18 nitrogen and oxygen atoms in total. The Morgan fingerprint density at radius 2 is 1.85 bits per heavy atom. The lowest BCUT2D eigenvalue weighted by Crippen LogP contribution is -2.42. The van der Waals surface area contributed by atoms with Crippen LogP contribution in [0.2, 0.25) is 0 Å². The van der Waals surface area contributed by atoms with E-state index in [2.05, 4.69) is 28.1 Å². The smallest absolute Gasteiger partial charge is 0.386 e. The topological polar surface area (TPSA) is 285 Å². The fraction of sp³-hybridized carbons (Fsp3) is 0.417. The van der Waals surface area contributed by atoms with E-state index in [-0.39, 0.29) is 22.9 Å². The highest BCUT2D eigenvalue weighted by molar-refractivity contribution is 7.66. The summed E-state index contributed by atoms with van der Waals surface area (Å²) in [5.41, 5.74) is 8.07. The molecule has 3 rings (SSSR count). The van der Waals surface area contributed by atoms with E-state index in [4.69, 9.17) is 37.3 Å². The average Bonchev–Trinajstić information content (AvgIpc) is 3.17. The standard InChI is InChI=1S/C12H16FN6O12P3/c1-2-12(13)7(20)5(3-28-33(24,25)31-34(26,27)30-32(21,22)23)29-10(12)19-4-16-6-8(14)17-11(15)18-9(6)19/h1,4-5,7,10,20H,3H2,(H,24,25)(H,26,27)(H2,21,22,23)(H4,14,15,17,18)/t5-,7-,10-,12-/m1/s1. The van der Waals surface area contributed by atoms with Gasteiger partial charge in [0.15, 0.2) is 17.7 Å². The van der Waals surface area contributed by atoms with Gasteiger partial charge in [-0.05, 0) is 0 Å². The van der Waals surface area contributed by atoms with Crippen LogP contribution in [0, 0.1) is 12.3 Å². The van der Waals surface area contributed by atoms with Crippen molar-refractivity contribution in [2.24, 2.45) is 0 Å². The average molecular weight is 548 g/mol. The zero-order valence-electron chi connectivity index (χ0n) is 16.4. The predicted molar refractivity (Wildman–Crippen MR) is 107 cm³/mol. The molecule has 2 unspecified atom stereocenters. The van der Waals surface area contributed by atoms with Gasteiger partial charge in [0.05, 0.1) is 12.9 Å². The van der Waals surface area contributed by atoms with Crippen LogP contribution in [0.1, 0.15) is 6.23 Å². The number of alkyl halides is 1. The van der Waals surface area contributed by atoms with Gasteiger partial charge in [0, 0.05) is 0 Å². The van der Waals surface area contributed by atoms with Crippen LogP contribution in [0.5, 0.6) is 0 Å². The number of aliphatic hydroxyl groups excluding tert-OH is 1. The molecule has 6 atom stereocenters. The number of aliphatic hydroxyl groups is 1. The van der Waals surface area contributed by atoms with Crippen LogP contribution in [0.3, 0.4) is 0 Å². The Bertz CT molecular complexity index is 1300. The van der Waals surface area contributed by atoms with Crippen molar-refractivity contribution in [3.8, 4) is 12.3 Å². The Kier molecular flexibility index (Phi) is 6.94. The molecular weight excluding hydrogens is 532 g/mol. The minimum atomic E-state index is -5.79. The second kappa shape index (κ2) is 8.88. The summed E-state index contributed by atoms with van der Waals surface area (Å²) in [6.07, 6.45) is 0.399. The first-order chi connectivity index (χ1) is 15.5. The fourth-order valence-electron chi connectivity index (χ4n) is 2.91. The number of hydrogen-bond acceptors (Lipinski definition) is 13. The highest BCUT2D eigenvalue weighted by Gasteiger charge is 2.58. The van der Waals surface area contributed by atoms with Gasteiger partial charge in [0.1, 0.15) is 17.7 Å². The first-order valence-electron chi connectivity index (χ1n) is 8.52. The number of nitrogens with two attached hydrogens (primary N) is 2. The maximum absolute atomic E-state index is 15.5. The fourth-order valence-corrected chi connectivity index (χ4v) is 5.94. The number of fused-ring (bicyclic) bond motifs is 1. The molecule has 188 valence electrons. The Morgan fingerprint density at radius 1 is 1.21 bits per heavy atom. The number of imidazole rings is 1. The van der Waals surface area contributed by atoms with Crippen molar-refractivity contribution in [3.63, 3.8) is 0 Å². The van der Waals surface area contributed by atoms with E-state index in [1.807, 2.05) is 0 Å². The number of anilines is 2. The molecule has 0 radical (unpaired) electrons. The van der Waals surface area contributed by atoms with Gasteiger partial charge in [0.2, 0.25) is 11.6 Å². The quantitative estimate of drug-likeness (QED) is 0.153. The zero-order valence-corrected chi connectivity index (χ0v) is 19.0. The summed E-state index contributed by atoms with van der Waals surface area (Å²) in [6.45, 7) is -1.17. The molecule has 3 heterocycles. The lowest BCUT2D eigenvalue weighted by Gasteiger charge is -2.23. The summed E-state index contributed by atoms with van der Waals surface area (Å²) < 4.78 is 67.2. The number of rotatable bonds is 8. The number of nitrogens with zero attached hydrogens (tertiary/aromatic N) is 4. The Labute approximate surface area is 188 Å². The van der Waals surface area contributed by atoms with Gasteiger partial charge in [-0.15, -0.1) is 6.42 Å². The van der Waals surface area contributed by atoms with Gasteiger partial charge in [0.25, 0.3) is 0 Å². The number of phosphoric ester groups is 1. The number of ether oxygens (including phenoxy) is 1. The second-order valence-corrected chi connectivity index (χ2v) is 11.0. The summed E-state index contributed by atoms with van der Waals surface area (Å²) in [7, 11) is -17.0. The summed E-state index contributed by atoms with van der Waals surface area (Å²) in [5.74, 6) is 1.24. The Hall–Kier alpha value is -2.03. The van der Waals surface area contributed by atoms with Crippen molar-refractivity contribution >= 4 is 46.4 Å². The van der Waals surface area contributed by atoms with E-state index in [0.717, 1.165) is 10.9 Å². The van der Waals surface area contributed by atoms with E-state index in [1.165, 1.54) is 0 Å². The van der Waals surface area contributed by atoms with E-state index < -0.39 is 54.2 Å². The van der Waals surface area contributed by atoms with Crippen LogP contribution in [-0.4, -0.2) is 68.7 Å². The number of hydrogen-bond donors (Lipinski definition) is 7. The minimum Gasteiger partial charge on any atom is -0.386 e. The number of nitrogen functional groups attached to an aromatic ring is 2. The first-order valence-corrected chi connectivity index (χ1v) is 13.0. The largest absolute Gasteiger partial charge is 0.490 e. The van der Waals surface area contributed by atoms with E-state index in [9.17, 15) is 23.7 Å². The van der Waals surface area contributed by atoms with E-state index in [1.54, 1.807) is 5.92 Å². The third kappa shape index (κ3) is 5.44. The van der Waals surface area contributed by atoms with Crippen LogP contribution >= 0.6 is 23.5 Å².